The fourth-order valence-corrected chi connectivity index (χ4v) is 4.24. The number of thioether (sulfide) groups is 1. The Labute approximate surface area is 220 Å². The van der Waals surface area contributed by atoms with Crippen LogP contribution in [0.4, 0.5) is 5.69 Å². The molecule has 2 aromatic carbocycles. The Hall–Kier alpha value is -2.79. The van der Waals surface area contributed by atoms with Gasteiger partial charge in [-0.25, -0.2) is 4.79 Å². The second-order valence-electron chi connectivity index (χ2n) is 6.98. The van der Waals surface area contributed by atoms with Crippen molar-refractivity contribution < 1.29 is 19.1 Å². The average Bonchev–Trinajstić information content (AvgIpc) is 3.25. The van der Waals surface area contributed by atoms with Crippen molar-refractivity contribution in [3.63, 3.8) is 0 Å². The molecule has 2 N–H and O–H groups in total. The minimum Gasteiger partial charge on any atom is -0.465 e. The summed E-state index contributed by atoms with van der Waals surface area (Å²) >= 11 is 19.2. The van der Waals surface area contributed by atoms with Crippen LogP contribution < -0.4 is 10.6 Å². The van der Waals surface area contributed by atoms with Crippen LogP contribution in [0.1, 0.15) is 33.5 Å². The number of carbonyl (C=O) groups is 3. The van der Waals surface area contributed by atoms with E-state index in [0.29, 0.717) is 33.8 Å². The Morgan fingerprint density at radius 2 is 1.71 bits per heavy atom. The van der Waals surface area contributed by atoms with Crippen LogP contribution in [0.25, 0.3) is 0 Å². The van der Waals surface area contributed by atoms with Gasteiger partial charge in [-0.15, -0.1) is 10.2 Å². The molecule has 0 saturated heterocycles. The molecule has 13 heteroatoms. The fraction of sp³-hybridized carbons (Fsp3) is 0.227. The molecule has 184 valence electrons. The smallest absolute Gasteiger partial charge is 0.337 e. The number of carbonyl (C=O) groups excluding carboxylic acids is 3. The van der Waals surface area contributed by atoms with Crippen molar-refractivity contribution in [3.8, 4) is 0 Å². The van der Waals surface area contributed by atoms with Crippen molar-refractivity contribution in [2.45, 2.75) is 25.2 Å². The van der Waals surface area contributed by atoms with Crippen LogP contribution in [0.5, 0.6) is 0 Å². The molecule has 0 fully saturated rings. The third-order valence-electron chi connectivity index (χ3n) is 4.69. The van der Waals surface area contributed by atoms with Gasteiger partial charge in [0.25, 0.3) is 5.91 Å². The zero-order valence-corrected chi connectivity index (χ0v) is 21.7. The van der Waals surface area contributed by atoms with Crippen molar-refractivity contribution in [1.82, 2.24) is 20.1 Å². The Kier molecular flexibility index (Phi) is 9.39. The van der Waals surface area contributed by atoms with Gasteiger partial charge >= 0.3 is 5.97 Å². The highest BCUT2D eigenvalue weighted by molar-refractivity contribution is 7.99. The number of hydrogen-bond acceptors (Lipinski definition) is 7. The Bertz CT molecular complexity index is 1270. The van der Waals surface area contributed by atoms with Gasteiger partial charge in [0, 0.05) is 12.1 Å². The summed E-state index contributed by atoms with van der Waals surface area (Å²) < 4.78 is 6.47. The monoisotopic (exact) mass is 555 g/mol. The summed E-state index contributed by atoms with van der Waals surface area (Å²) in [6.07, 6.45) is 0. The summed E-state index contributed by atoms with van der Waals surface area (Å²) in [7, 11) is 1.27. The van der Waals surface area contributed by atoms with Crippen LogP contribution in [-0.4, -0.2) is 45.4 Å². The van der Waals surface area contributed by atoms with Crippen LogP contribution in [0, 0.1) is 0 Å². The maximum Gasteiger partial charge on any atom is 0.337 e. The fourth-order valence-electron chi connectivity index (χ4n) is 2.96. The highest BCUT2D eigenvalue weighted by Gasteiger charge is 2.16. The van der Waals surface area contributed by atoms with E-state index in [1.807, 2.05) is 6.92 Å². The van der Waals surface area contributed by atoms with Crippen molar-refractivity contribution >= 4 is 70.0 Å². The van der Waals surface area contributed by atoms with Gasteiger partial charge < -0.3 is 19.9 Å². The molecule has 3 aromatic rings. The topological polar surface area (TPSA) is 115 Å². The zero-order chi connectivity index (χ0) is 25.5. The molecule has 0 atom stereocenters. The van der Waals surface area contributed by atoms with Gasteiger partial charge in [0.1, 0.15) is 0 Å². The molecule has 0 spiro atoms. The van der Waals surface area contributed by atoms with E-state index in [1.165, 1.54) is 43.1 Å². The third kappa shape index (κ3) is 6.88. The van der Waals surface area contributed by atoms with E-state index in [4.69, 9.17) is 34.8 Å². The first-order valence-corrected chi connectivity index (χ1v) is 12.3. The summed E-state index contributed by atoms with van der Waals surface area (Å²) in [5, 5.41) is 15.1. The molecule has 0 radical (unpaired) electrons. The summed E-state index contributed by atoms with van der Waals surface area (Å²) in [5.41, 5.74) is 0.920. The molecule has 9 nitrogen and oxygen atoms in total. The lowest BCUT2D eigenvalue weighted by atomic mass is 10.2. The summed E-state index contributed by atoms with van der Waals surface area (Å²) in [5.74, 6) is -0.682. The highest BCUT2D eigenvalue weighted by Crippen LogP contribution is 2.25. The average molecular weight is 557 g/mol. The number of rotatable bonds is 9. The predicted molar refractivity (Wildman–Crippen MR) is 135 cm³/mol. The lowest BCUT2D eigenvalue weighted by molar-refractivity contribution is -0.113. The molecule has 1 aromatic heterocycles. The molecule has 0 aliphatic rings. The largest absolute Gasteiger partial charge is 0.465 e. The molecular weight excluding hydrogens is 537 g/mol. The van der Waals surface area contributed by atoms with Crippen molar-refractivity contribution in [2.24, 2.45) is 0 Å². The quantitative estimate of drug-likeness (QED) is 0.290. The number of esters is 1. The Balaban J connectivity index is 1.60. The second kappa shape index (κ2) is 12.3. The molecule has 0 aliphatic heterocycles. The number of hydrogen-bond donors (Lipinski definition) is 2. The zero-order valence-electron chi connectivity index (χ0n) is 18.6. The SMILES string of the molecule is CCn1c(CNC(=O)c2ccc(Cl)c(Cl)c2)nnc1SCC(=O)Nc1cc(C(=O)OC)ccc1Cl. The third-order valence-corrected chi connectivity index (χ3v) is 6.73. The number of halogens is 3. The number of nitrogens with zero attached hydrogens (tertiary/aromatic N) is 3. The first-order valence-electron chi connectivity index (χ1n) is 10.2. The normalized spacial score (nSPS) is 10.7. The van der Waals surface area contributed by atoms with Crippen molar-refractivity contribution in [3.05, 3.63) is 68.4 Å². The molecule has 1 heterocycles. The van der Waals surface area contributed by atoms with Gasteiger partial charge in [0.05, 0.1) is 45.7 Å². The van der Waals surface area contributed by atoms with E-state index >= 15 is 0 Å². The lowest BCUT2D eigenvalue weighted by Crippen LogP contribution is -2.24. The van der Waals surface area contributed by atoms with Crippen LogP contribution in [0.3, 0.4) is 0 Å². The van der Waals surface area contributed by atoms with Gasteiger partial charge in [-0.05, 0) is 43.3 Å². The number of ether oxygens (including phenoxy) is 1. The van der Waals surface area contributed by atoms with Gasteiger partial charge in [-0.3, -0.25) is 9.59 Å². The predicted octanol–water partition coefficient (Wildman–Crippen LogP) is 4.71. The van der Waals surface area contributed by atoms with E-state index in [2.05, 4.69) is 25.6 Å². The first kappa shape index (κ1) is 26.8. The van der Waals surface area contributed by atoms with Crippen molar-refractivity contribution in [1.29, 1.82) is 0 Å². The Morgan fingerprint density at radius 1 is 1.00 bits per heavy atom. The number of benzene rings is 2. The van der Waals surface area contributed by atoms with Crippen LogP contribution in [0.2, 0.25) is 15.1 Å². The minimum absolute atomic E-state index is 0.0204. The molecule has 2 amide bonds. The maximum absolute atomic E-state index is 12.5. The molecule has 35 heavy (non-hydrogen) atoms. The van der Waals surface area contributed by atoms with Crippen LogP contribution >= 0.6 is 46.6 Å². The summed E-state index contributed by atoms with van der Waals surface area (Å²) in [6, 6.07) is 9.05. The lowest BCUT2D eigenvalue weighted by Gasteiger charge is -2.10. The number of amides is 2. The van der Waals surface area contributed by atoms with E-state index in [0.717, 1.165) is 0 Å². The number of nitrogens with one attached hydrogen (secondary N) is 2. The van der Waals surface area contributed by atoms with E-state index in [9.17, 15) is 14.4 Å². The summed E-state index contributed by atoms with van der Waals surface area (Å²) in [4.78, 5) is 36.6. The van der Waals surface area contributed by atoms with Gasteiger partial charge in [0.15, 0.2) is 11.0 Å². The number of anilines is 1. The molecule has 0 aliphatic carbocycles. The number of aromatic nitrogens is 3. The van der Waals surface area contributed by atoms with E-state index in [1.54, 1.807) is 16.7 Å². The second-order valence-corrected chi connectivity index (χ2v) is 9.14. The van der Waals surface area contributed by atoms with E-state index < -0.39 is 5.97 Å². The van der Waals surface area contributed by atoms with Gasteiger partial charge in [0.2, 0.25) is 5.91 Å². The van der Waals surface area contributed by atoms with Crippen LogP contribution in [-0.2, 0) is 22.6 Å². The van der Waals surface area contributed by atoms with Crippen LogP contribution in [0.15, 0.2) is 41.6 Å². The molecule has 0 bridgehead atoms. The van der Waals surface area contributed by atoms with E-state index in [-0.39, 0.29) is 39.7 Å². The maximum atomic E-state index is 12.5. The summed E-state index contributed by atoms with van der Waals surface area (Å²) in [6.45, 7) is 2.56. The standard InChI is InChI=1S/C22H20Cl3N5O4S/c1-3-30-18(10-26-20(32)12-4-6-14(23)16(25)8-12)28-29-22(30)35-11-19(31)27-17-9-13(21(33)34-2)5-7-15(17)24/h4-9H,3,10-11H2,1-2H3,(H,26,32)(H,27,31). The Morgan fingerprint density at radius 3 is 2.40 bits per heavy atom. The highest BCUT2D eigenvalue weighted by atomic mass is 35.5. The van der Waals surface area contributed by atoms with Crippen molar-refractivity contribution in [2.75, 3.05) is 18.2 Å². The molecule has 0 unspecified atom stereocenters. The molecule has 3 rings (SSSR count). The molecule has 0 saturated carbocycles. The first-order chi connectivity index (χ1) is 16.7. The minimum atomic E-state index is -0.540. The molecular formula is C22H20Cl3N5O4S. The van der Waals surface area contributed by atoms with Gasteiger partial charge in [-0.1, -0.05) is 46.6 Å². The number of methoxy groups -OCH3 is 1. The van der Waals surface area contributed by atoms with Gasteiger partial charge in [-0.2, -0.15) is 0 Å².